The maximum atomic E-state index is 13.3. The van der Waals surface area contributed by atoms with Crippen molar-refractivity contribution in [1.82, 2.24) is 9.61 Å². The minimum atomic E-state index is -0.312. The van der Waals surface area contributed by atoms with Crippen LogP contribution in [-0.4, -0.2) is 15.9 Å². The summed E-state index contributed by atoms with van der Waals surface area (Å²) in [5.41, 5.74) is 4.18. The molecule has 0 bridgehead atoms. The Labute approximate surface area is 144 Å². The third-order valence-corrected chi connectivity index (χ3v) is 4.15. The molecule has 0 spiro atoms. The monoisotopic (exact) mass is 342 g/mol. The lowest BCUT2D eigenvalue weighted by atomic mass is 9.93. The average molecular weight is 343 g/mol. The molecule has 122 valence electrons. The average Bonchev–Trinajstić information content (AvgIpc) is 2.93. The van der Waals surface area contributed by atoms with Gasteiger partial charge >= 0.3 is 0 Å². The first-order valence-electron chi connectivity index (χ1n) is 7.62. The Hall–Kier alpha value is -2.46. The summed E-state index contributed by atoms with van der Waals surface area (Å²) in [6.07, 6.45) is 3.92. The zero-order valence-electron chi connectivity index (χ0n) is 13.3. The van der Waals surface area contributed by atoms with Crippen LogP contribution >= 0.6 is 11.6 Å². The van der Waals surface area contributed by atoms with E-state index in [1.54, 1.807) is 28.8 Å². The van der Waals surface area contributed by atoms with E-state index in [9.17, 15) is 9.18 Å². The maximum Gasteiger partial charge on any atom is 0.142 e. The van der Waals surface area contributed by atoms with Crippen molar-refractivity contribution in [2.24, 2.45) is 0 Å². The molecule has 0 saturated carbocycles. The molecule has 5 heteroatoms. The molecule has 0 unspecified atom stereocenters. The van der Waals surface area contributed by atoms with Crippen LogP contribution in [0.1, 0.15) is 30.9 Å². The second-order valence-corrected chi connectivity index (χ2v) is 6.17. The number of carbonyl (C=O) groups is 1. The van der Waals surface area contributed by atoms with Crippen LogP contribution in [0.5, 0.6) is 0 Å². The molecule has 0 atom stereocenters. The topological polar surface area (TPSA) is 34.4 Å². The molecule has 0 amide bonds. The van der Waals surface area contributed by atoms with Gasteiger partial charge in [0, 0.05) is 11.1 Å². The molecule has 0 aliphatic rings. The smallest absolute Gasteiger partial charge is 0.142 e. The van der Waals surface area contributed by atoms with Crippen LogP contribution in [0.3, 0.4) is 0 Å². The molecule has 24 heavy (non-hydrogen) atoms. The van der Waals surface area contributed by atoms with Gasteiger partial charge in [0.2, 0.25) is 0 Å². The lowest BCUT2D eigenvalue weighted by Gasteiger charge is -2.17. The van der Waals surface area contributed by atoms with E-state index >= 15 is 0 Å². The molecule has 2 heterocycles. The highest BCUT2D eigenvalue weighted by atomic mass is 35.5. The maximum absolute atomic E-state index is 13.3. The third-order valence-electron chi connectivity index (χ3n) is 3.87. The van der Waals surface area contributed by atoms with Crippen LogP contribution in [0.2, 0.25) is 5.15 Å². The van der Waals surface area contributed by atoms with Crippen molar-refractivity contribution in [3.63, 3.8) is 0 Å². The van der Waals surface area contributed by atoms with Gasteiger partial charge in [-0.05, 0) is 60.0 Å². The third kappa shape index (κ3) is 2.85. The predicted octanol–water partition coefficient (Wildman–Crippen LogP) is 5.13. The van der Waals surface area contributed by atoms with Crippen LogP contribution < -0.4 is 0 Å². The first-order valence-corrected chi connectivity index (χ1v) is 7.99. The minimum absolute atomic E-state index is 0.187. The zero-order valence-corrected chi connectivity index (χ0v) is 14.1. The van der Waals surface area contributed by atoms with Crippen LogP contribution in [0, 0.1) is 5.82 Å². The van der Waals surface area contributed by atoms with Gasteiger partial charge in [0.25, 0.3) is 0 Å². The van der Waals surface area contributed by atoms with Crippen molar-refractivity contribution in [2.75, 3.05) is 0 Å². The molecule has 0 aliphatic carbocycles. The van der Waals surface area contributed by atoms with Gasteiger partial charge in [0.1, 0.15) is 17.3 Å². The molecule has 0 radical (unpaired) electrons. The van der Waals surface area contributed by atoms with Crippen LogP contribution in [0.4, 0.5) is 4.39 Å². The molecule has 2 aromatic heterocycles. The quantitative estimate of drug-likeness (QED) is 0.486. The first kappa shape index (κ1) is 16.4. The van der Waals surface area contributed by atoms with Gasteiger partial charge in [-0.2, -0.15) is 5.10 Å². The van der Waals surface area contributed by atoms with Crippen LogP contribution in [-0.2, 0) is 4.79 Å². The molecule has 0 saturated heterocycles. The number of aldehydes is 1. The van der Waals surface area contributed by atoms with Gasteiger partial charge in [-0.1, -0.05) is 25.4 Å². The lowest BCUT2D eigenvalue weighted by Crippen LogP contribution is -2.05. The summed E-state index contributed by atoms with van der Waals surface area (Å²) in [4.78, 5) is 10.8. The number of halogens is 2. The van der Waals surface area contributed by atoms with E-state index in [1.165, 1.54) is 18.2 Å². The van der Waals surface area contributed by atoms with E-state index in [0.717, 1.165) is 28.5 Å². The minimum Gasteiger partial charge on any atom is -0.299 e. The number of rotatable bonds is 4. The summed E-state index contributed by atoms with van der Waals surface area (Å²) in [7, 11) is 0. The van der Waals surface area contributed by atoms with E-state index in [1.807, 2.05) is 6.07 Å². The second-order valence-electron chi connectivity index (χ2n) is 5.79. The molecule has 3 aromatic rings. The number of benzene rings is 1. The lowest BCUT2D eigenvalue weighted by molar-refractivity contribution is -0.104. The summed E-state index contributed by atoms with van der Waals surface area (Å²) in [6, 6.07) is 9.82. The van der Waals surface area contributed by atoms with E-state index < -0.39 is 0 Å². The summed E-state index contributed by atoms with van der Waals surface area (Å²) in [5.74, 6) is -0.125. The summed E-state index contributed by atoms with van der Waals surface area (Å²) in [6.45, 7) is 4.14. The molecule has 0 fully saturated rings. The number of fused-ring (bicyclic) bond motifs is 1. The fraction of sp³-hybridized carbons (Fsp3) is 0.158. The molecule has 3 rings (SSSR count). The van der Waals surface area contributed by atoms with Gasteiger partial charge in [-0.3, -0.25) is 4.79 Å². The summed E-state index contributed by atoms with van der Waals surface area (Å²) < 4.78 is 14.9. The van der Waals surface area contributed by atoms with Crippen molar-refractivity contribution in [3.05, 3.63) is 64.6 Å². The largest absolute Gasteiger partial charge is 0.299 e. The highest BCUT2D eigenvalue weighted by Crippen LogP contribution is 2.34. The fourth-order valence-corrected chi connectivity index (χ4v) is 3.05. The fourth-order valence-electron chi connectivity index (χ4n) is 2.86. The molecule has 1 aromatic carbocycles. The van der Waals surface area contributed by atoms with Crippen LogP contribution in [0.25, 0.3) is 22.9 Å². The van der Waals surface area contributed by atoms with E-state index in [2.05, 4.69) is 18.9 Å². The molecule has 3 nitrogen and oxygen atoms in total. The number of aromatic nitrogens is 2. The zero-order chi connectivity index (χ0) is 17.3. The molecular weight excluding hydrogens is 327 g/mol. The van der Waals surface area contributed by atoms with Gasteiger partial charge < -0.3 is 0 Å². The molecule has 0 aliphatic heterocycles. The molecule has 0 N–H and O–H groups in total. The van der Waals surface area contributed by atoms with Crippen molar-refractivity contribution in [1.29, 1.82) is 0 Å². The Morgan fingerprint density at radius 3 is 2.50 bits per heavy atom. The Morgan fingerprint density at radius 1 is 1.17 bits per heavy atom. The molecular formula is C19H16ClFN2O. The van der Waals surface area contributed by atoms with E-state index in [0.29, 0.717) is 10.8 Å². The number of hydrogen-bond donors (Lipinski definition) is 0. The van der Waals surface area contributed by atoms with E-state index in [4.69, 9.17) is 11.6 Å². The van der Waals surface area contributed by atoms with Crippen molar-refractivity contribution < 1.29 is 9.18 Å². The number of hydrogen-bond acceptors (Lipinski definition) is 2. The van der Waals surface area contributed by atoms with Crippen LogP contribution in [0.15, 0.2) is 42.5 Å². The van der Waals surface area contributed by atoms with E-state index in [-0.39, 0.29) is 11.7 Å². The summed E-state index contributed by atoms with van der Waals surface area (Å²) >= 11 is 6.26. The SMILES string of the molecule is CC(C)c1c(/C=C/C=O)c(-c2ccc(F)cc2)nn2c(Cl)ccc12. The van der Waals surface area contributed by atoms with Gasteiger partial charge in [-0.25, -0.2) is 8.91 Å². The van der Waals surface area contributed by atoms with Crippen molar-refractivity contribution >= 4 is 29.5 Å². The van der Waals surface area contributed by atoms with Crippen molar-refractivity contribution in [3.8, 4) is 11.3 Å². The van der Waals surface area contributed by atoms with Gasteiger partial charge in [0.05, 0.1) is 11.2 Å². The highest BCUT2D eigenvalue weighted by Gasteiger charge is 2.18. The standard InChI is InChI=1S/C19H16ClFN2O/c1-12(2)18-15(4-3-11-24)19(13-5-7-14(21)8-6-13)22-23-16(18)9-10-17(23)20/h3-12H,1-2H3/b4-3+. The normalized spacial score (nSPS) is 11.7. The number of nitrogens with zero attached hydrogens (tertiary/aromatic N) is 2. The van der Waals surface area contributed by atoms with Crippen molar-refractivity contribution in [2.45, 2.75) is 19.8 Å². The Kier molecular flexibility index (Phi) is 4.49. The Balaban J connectivity index is 2.41. The number of carbonyl (C=O) groups excluding carboxylic acids is 1. The first-order chi connectivity index (χ1) is 11.5. The Morgan fingerprint density at radius 2 is 1.88 bits per heavy atom. The number of allylic oxidation sites excluding steroid dienone is 1. The van der Waals surface area contributed by atoms with Gasteiger partial charge in [0.15, 0.2) is 0 Å². The Bertz CT molecular complexity index is 927. The highest BCUT2D eigenvalue weighted by molar-refractivity contribution is 6.30. The summed E-state index contributed by atoms with van der Waals surface area (Å²) in [5, 5.41) is 5.13. The predicted molar refractivity (Wildman–Crippen MR) is 94.8 cm³/mol. The van der Waals surface area contributed by atoms with Gasteiger partial charge in [-0.15, -0.1) is 0 Å². The second kappa shape index (κ2) is 6.57.